The molecule has 66 valence electrons. The molecule has 0 aromatic rings. The van der Waals surface area contributed by atoms with Crippen molar-refractivity contribution in [2.75, 3.05) is 0 Å². The van der Waals surface area contributed by atoms with Gasteiger partial charge in [0.05, 0.1) is 0 Å². The van der Waals surface area contributed by atoms with Gasteiger partial charge in [-0.1, -0.05) is 6.08 Å². The highest BCUT2D eigenvalue weighted by Crippen LogP contribution is 2.08. The number of allylic oxidation sites excluding steroid dienone is 2. The first-order valence-electron chi connectivity index (χ1n) is 4.39. The van der Waals surface area contributed by atoms with E-state index >= 15 is 0 Å². The summed E-state index contributed by atoms with van der Waals surface area (Å²) in [6.07, 6.45) is 9.13. The minimum absolute atomic E-state index is 0.234. The molecule has 0 aliphatic carbocycles. The molecule has 0 unspecified atom stereocenters. The summed E-state index contributed by atoms with van der Waals surface area (Å²) in [5, 5.41) is 3.17. The molecule has 0 saturated heterocycles. The Balaban J connectivity index is 2.20. The summed E-state index contributed by atoms with van der Waals surface area (Å²) in [6, 6.07) is 0.349. The summed E-state index contributed by atoms with van der Waals surface area (Å²) in [5.74, 6) is 0.234. The number of hydrogen-bond acceptors (Lipinski definition) is 2. The van der Waals surface area contributed by atoms with Crippen LogP contribution in [-0.2, 0) is 4.79 Å². The largest absolute Gasteiger partial charge is 0.388 e. The molecule has 0 saturated carbocycles. The molecule has 1 rings (SSSR count). The van der Waals surface area contributed by atoms with Gasteiger partial charge in [0.15, 0.2) is 5.78 Å². The van der Waals surface area contributed by atoms with Crippen molar-refractivity contribution in [2.24, 2.45) is 0 Å². The number of ketones is 1. The van der Waals surface area contributed by atoms with Crippen LogP contribution in [0, 0.1) is 0 Å². The normalized spacial score (nSPS) is 22.0. The Morgan fingerprint density at radius 2 is 2.58 bits per heavy atom. The first-order chi connectivity index (χ1) is 5.83. The van der Waals surface area contributed by atoms with Gasteiger partial charge in [-0.05, 0) is 25.3 Å². The lowest BCUT2D eigenvalue weighted by Crippen LogP contribution is -2.30. The first kappa shape index (κ1) is 9.04. The fourth-order valence-corrected chi connectivity index (χ4v) is 1.34. The third-order valence-electron chi connectivity index (χ3n) is 2.01. The Labute approximate surface area is 73.4 Å². The van der Waals surface area contributed by atoms with E-state index in [0.29, 0.717) is 12.5 Å². The summed E-state index contributed by atoms with van der Waals surface area (Å²) in [5.41, 5.74) is 0. The van der Waals surface area contributed by atoms with Crippen LogP contribution in [0.1, 0.15) is 25.7 Å². The maximum Gasteiger partial charge on any atom is 0.159 e. The molecule has 12 heavy (non-hydrogen) atoms. The highest BCUT2D eigenvalue weighted by Gasteiger charge is 2.13. The van der Waals surface area contributed by atoms with Crippen molar-refractivity contribution in [3.8, 4) is 0 Å². The second kappa shape index (κ2) is 4.75. The van der Waals surface area contributed by atoms with Gasteiger partial charge in [-0.3, -0.25) is 4.79 Å². The summed E-state index contributed by atoms with van der Waals surface area (Å²) in [6.45, 7) is 3.66. The van der Waals surface area contributed by atoms with E-state index in [1.165, 1.54) is 0 Å². The Hall–Kier alpha value is -1.05. The van der Waals surface area contributed by atoms with Crippen LogP contribution < -0.4 is 5.32 Å². The number of carbonyl (C=O) groups excluding carboxylic acids is 1. The van der Waals surface area contributed by atoms with Crippen molar-refractivity contribution < 1.29 is 4.79 Å². The fraction of sp³-hybridized carbons (Fsp3) is 0.500. The van der Waals surface area contributed by atoms with E-state index < -0.39 is 0 Å². The van der Waals surface area contributed by atoms with Crippen LogP contribution in [0.5, 0.6) is 0 Å². The van der Waals surface area contributed by atoms with Gasteiger partial charge in [-0.2, -0.15) is 0 Å². The lowest BCUT2D eigenvalue weighted by atomic mass is 10.0. The van der Waals surface area contributed by atoms with Crippen molar-refractivity contribution in [3.63, 3.8) is 0 Å². The van der Waals surface area contributed by atoms with E-state index in [1.54, 1.807) is 12.3 Å². The molecule has 2 heteroatoms. The smallest absolute Gasteiger partial charge is 0.159 e. The SMILES string of the molecule is C=CCCC[C@H]1CC(=O)C=CN1. The fourth-order valence-electron chi connectivity index (χ4n) is 1.34. The number of hydrogen-bond donors (Lipinski definition) is 1. The minimum atomic E-state index is 0.234. The number of unbranched alkanes of at least 4 members (excludes halogenated alkanes) is 1. The molecular formula is C10H15NO. The van der Waals surface area contributed by atoms with Gasteiger partial charge in [0, 0.05) is 18.7 Å². The number of nitrogens with one attached hydrogen (secondary N) is 1. The van der Waals surface area contributed by atoms with Crippen LogP contribution in [-0.4, -0.2) is 11.8 Å². The van der Waals surface area contributed by atoms with Crippen molar-refractivity contribution in [1.29, 1.82) is 0 Å². The second-order valence-electron chi connectivity index (χ2n) is 3.09. The molecule has 1 heterocycles. The highest BCUT2D eigenvalue weighted by atomic mass is 16.1. The quantitative estimate of drug-likeness (QED) is 0.508. The zero-order chi connectivity index (χ0) is 8.81. The molecule has 0 aromatic carbocycles. The summed E-state index contributed by atoms with van der Waals surface area (Å²) >= 11 is 0. The monoisotopic (exact) mass is 165 g/mol. The van der Waals surface area contributed by atoms with Gasteiger partial charge in [-0.15, -0.1) is 6.58 Å². The highest BCUT2D eigenvalue weighted by molar-refractivity contribution is 5.90. The average molecular weight is 165 g/mol. The zero-order valence-corrected chi connectivity index (χ0v) is 7.25. The van der Waals surface area contributed by atoms with Crippen molar-refractivity contribution in [1.82, 2.24) is 5.32 Å². The van der Waals surface area contributed by atoms with E-state index in [4.69, 9.17) is 0 Å². The molecule has 1 atom stereocenters. The van der Waals surface area contributed by atoms with E-state index in [0.717, 1.165) is 19.3 Å². The molecule has 0 spiro atoms. The maximum atomic E-state index is 11.0. The minimum Gasteiger partial charge on any atom is -0.388 e. The van der Waals surface area contributed by atoms with Crippen molar-refractivity contribution >= 4 is 5.78 Å². The van der Waals surface area contributed by atoms with Gasteiger partial charge >= 0.3 is 0 Å². The molecule has 0 amide bonds. The van der Waals surface area contributed by atoms with Gasteiger partial charge in [0.2, 0.25) is 0 Å². The predicted molar refractivity (Wildman–Crippen MR) is 49.7 cm³/mol. The zero-order valence-electron chi connectivity index (χ0n) is 7.25. The first-order valence-corrected chi connectivity index (χ1v) is 4.39. The Morgan fingerprint density at radius 1 is 1.75 bits per heavy atom. The van der Waals surface area contributed by atoms with Crippen LogP contribution in [0.4, 0.5) is 0 Å². The topological polar surface area (TPSA) is 29.1 Å². The van der Waals surface area contributed by atoms with Gasteiger partial charge in [0.1, 0.15) is 0 Å². The number of rotatable bonds is 4. The van der Waals surface area contributed by atoms with Gasteiger partial charge < -0.3 is 5.32 Å². The Morgan fingerprint density at radius 3 is 3.25 bits per heavy atom. The summed E-state index contributed by atoms with van der Waals surface area (Å²) < 4.78 is 0. The van der Waals surface area contributed by atoms with Crippen LogP contribution in [0.25, 0.3) is 0 Å². The van der Waals surface area contributed by atoms with Crippen LogP contribution >= 0.6 is 0 Å². The average Bonchev–Trinajstić information content (AvgIpc) is 2.05. The Kier molecular flexibility index (Phi) is 3.58. The molecule has 1 aliphatic rings. The van der Waals surface area contributed by atoms with Crippen LogP contribution in [0.2, 0.25) is 0 Å². The molecule has 1 aliphatic heterocycles. The molecule has 0 radical (unpaired) electrons. The number of carbonyl (C=O) groups is 1. The molecule has 0 aromatic heterocycles. The molecule has 1 N–H and O–H groups in total. The maximum absolute atomic E-state index is 11.0. The standard InChI is InChI=1S/C10H15NO/c1-2-3-4-5-9-8-10(12)6-7-11-9/h2,6-7,9,11H,1,3-5,8H2/t9-/m0/s1. The van der Waals surface area contributed by atoms with Crippen LogP contribution in [0.3, 0.4) is 0 Å². The van der Waals surface area contributed by atoms with E-state index in [1.807, 2.05) is 6.08 Å². The van der Waals surface area contributed by atoms with Gasteiger partial charge in [-0.25, -0.2) is 0 Å². The Bertz CT molecular complexity index is 196. The van der Waals surface area contributed by atoms with Crippen LogP contribution in [0.15, 0.2) is 24.9 Å². The molecule has 2 nitrogen and oxygen atoms in total. The third kappa shape index (κ3) is 2.91. The summed E-state index contributed by atoms with van der Waals surface area (Å²) in [4.78, 5) is 11.0. The van der Waals surface area contributed by atoms with E-state index in [9.17, 15) is 4.79 Å². The lowest BCUT2D eigenvalue weighted by molar-refractivity contribution is -0.115. The second-order valence-corrected chi connectivity index (χ2v) is 3.09. The van der Waals surface area contributed by atoms with E-state index in [-0.39, 0.29) is 5.78 Å². The third-order valence-corrected chi connectivity index (χ3v) is 2.01. The predicted octanol–water partition coefficient (Wildman–Crippen LogP) is 1.79. The van der Waals surface area contributed by atoms with E-state index in [2.05, 4.69) is 11.9 Å². The molecule has 0 fully saturated rings. The lowest BCUT2D eigenvalue weighted by Gasteiger charge is -2.18. The van der Waals surface area contributed by atoms with Crippen molar-refractivity contribution in [3.05, 3.63) is 24.9 Å². The molecule has 0 bridgehead atoms. The molecular weight excluding hydrogens is 150 g/mol. The summed E-state index contributed by atoms with van der Waals surface area (Å²) in [7, 11) is 0. The van der Waals surface area contributed by atoms with Crippen molar-refractivity contribution in [2.45, 2.75) is 31.7 Å². The van der Waals surface area contributed by atoms with Gasteiger partial charge in [0.25, 0.3) is 0 Å².